The number of rotatable bonds is 0. The minimum Gasteiger partial charge on any atom is -1.00 e. The van der Waals surface area contributed by atoms with E-state index in [1.54, 1.807) is 0 Å². The lowest BCUT2D eigenvalue weighted by molar-refractivity contribution is -0.671. The Morgan fingerprint density at radius 3 is 1.60 bits per heavy atom. The van der Waals surface area contributed by atoms with E-state index in [-0.39, 0.29) is 12.4 Å². The molecule has 1 aromatic heterocycles. The molecule has 0 spiro atoms. The fourth-order valence-corrected chi connectivity index (χ4v) is 0.485. The van der Waals surface area contributed by atoms with Crippen molar-refractivity contribution in [1.29, 1.82) is 0 Å². The van der Waals surface area contributed by atoms with E-state index in [2.05, 4.69) is 13.2 Å². The van der Waals surface area contributed by atoms with Gasteiger partial charge >= 0.3 is 0 Å². The van der Waals surface area contributed by atoms with Crippen LogP contribution in [0.4, 0.5) is 0 Å². The minimum atomic E-state index is 0. The minimum absolute atomic E-state index is 0. The first-order chi connectivity index (χ1) is 4.39. The molecular formula is C8H12ClN. The molecule has 1 rings (SSSR count). The molecule has 0 fully saturated rings. The number of halogens is 1. The van der Waals surface area contributed by atoms with Gasteiger partial charge in [0.25, 0.3) is 0 Å². The van der Waals surface area contributed by atoms with E-state index in [1.165, 1.54) is 0 Å². The Labute approximate surface area is 68.4 Å². The molecule has 0 saturated carbocycles. The summed E-state index contributed by atoms with van der Waals surface area (Å²) < 4.78 is 2.00. The number of nitrogens with zero attached hydrogens (tertiary/aromatic N) is 1. The van der Waals surface area contributed by atoms with Crippen LogP contribution in [-0.4, -0.2) is 0 Å². The second-order valence-corrected chi connectivity index (χ2v) is 1.54. The van der Waals surface area contributed by atoms with Crippen molar-refractivity contribution in [3.8, 4) is 0 Å². The highest BCUT2D eigenvalue weighted by atomic mass is 35.5. The highest BCUT2D eigenvalue weighted by Crippen LogP contribution is 1.71. The maximum atomic E-state index is 3.00. The van der Waals surface area contributed by atoms with Gasteiger partial charge in [-0.15, -0.1) is 13.2 Å². The van der Waals surface area contributed by atoms with Gasteiger partial charge in [0.2, 0.25) is 0 Å². The standard InChI is InChI=1S/C6H8N.C2H4.ClH/c1-7-5-3-2-4-6-7;1-2;/h2-6H,1H3;1-2H2;1H/q+1;;/p-1. The molecule has 1 nitrogen and oxygen atoms in total. The van der Waals surface area contributed by atoms with Crippen LogP contribution in [0.2, 0.25) is 0 Å². The van der Waals surface area contributed by atoms with E-state index in [9.17, 15) is 0 Å². The van der Waals surface area contributed by atoms with E-state index in [4.69, 9.17) is 0 Å². The van der Waals surface area contributed by atoms with Gasteiger partial charge in [0, 0.05) is 12.1 Å². The van der Waals surface area contributed by atoms with Crippen LogP contribution in [0.25, 0.3) is 0 Å². The Morgan fingerprint density at radius 2 is 1.40 bits per heavy atom. The summed E-state index contributed by atoms with van der Waals surface area (Å²) in [5.74, 6) is 0. The molecule has 0 bridgehead atoms. The van der Waals surface area contributed by atoms with Crippen molar-refractivity contribution in [3.63, 3.8) is 0 Å². The van der Waals surface area contributed by atoms with Crippen molar-refractivity contribution in [2.75, 3.05) is 0 Å². The predicted octanol–water partition coefficient (Wildman–Crippen LogP) is -1.68. The summed E-state index contributed by atoms with van der Waals surface area (Å²) in [6.07, 6.45) is 4.00. The summed E-state index contributed by atoms with van der Waals surface area (Å²) in [7, 11) is 2.00. The summed E-state index contributed by atoms with van der Waals surface area (Å²) in [6.45, 7) is 6.00. The van der Waals surface area contributed by atoms with Crippen molar-refractivity contribution in [3.05, 3.63) is 43.8 Å². The number of pyridine rings is 1. The number of aromatic nitrogens is 1. The molecule has 0 aromatic carbocycles. The maximum absolute atomic E-state index is 3.00. The molecule has 2 heteroatoms. The van der Waals surface area contributed by atoms with Crippen LogP contribution in [-0.2, 0) is 7.05 Å². The summed E-state index contributed by atoms with van der Waals surface area (Å²) in [5, 5.41) is 0. The van der Waals surface area contributed by atoms with E-state index < -0.39 is 0 Å². The molecule has 10 heavy (non-hydrogen) atoms. The van der Waals surface area contributed by atoms with Crippen LogP contribution in [0.1, 0.15) is 0 Å². The van der Waals surface area contributed by atoms with Gasteiger partial charge in [0.1, 0.15) is 7.05 Å². The second-order valence-electron chi connectivity index (χ2n) is 1.54. The van der Waals surface area contributed by atoms with Crippen LogP contribution in [0.15, 0.2) is 43.8 Å². The monoisotopic (exact) mass is 157 g/mol. The second kappa shape index (κ2) is 8.18. The van der Waals surface area contributed by atoms with Crippen molar-refractivity contribution in [2.24, 2.45) is 7.05 Å². The summed E-state index contributed by atoms with van der Waals surface area (Å²) in [5.41, 5.74) is 0. The van der Waals surface area contributed by atoms with Gasteiger partial charge < -0.3 is 12.4 Å². The van der Waals surface area contributed by atoms with Gasteiger partial charge in [-0.1, -0.05) is 6.07 Å². The third-order valence-electron chi connectivity index (χ3n) is 0.865. The molecule has 56 valence electrons. The molecule has 0 amide bonds. The molecule has 0 aliphatic rings. The molecule has 0 aliphatic heterocycles. The Morgan fingerprint density at radius 1 is 1.00 bits per heavy atom. The van der Waals surface area contributed by atoms with Gasteiger partial charge in [-0.2, -0.15) is 0 Å². The lowest BCUT2D eigenvalue weighted by Gasteiger charge is -1.77. The summed E-state index contributed by atoms with van der Waals surface area (Å²) in [6, 6.07) is 6.00. The average Bonchev–Trinajstić information content (AvgIpc) is 1.94. The van der Waals surface area contributed by atoms with Crippen LogP contribution < -0.4 is 17.0 Å². The normalized spacial score (nSPS) is 6.50. The number of aryl methyl sites for hydroxylation is 1. The molecular weight excluding hydrogens is 146 g/mol. The van der Waals surface area contributed by atoms with Crippen LogP contribution >= 0.6 is 0 Å². The molecule has 1 aromatic rings. The van der Waals surface area contributed by atoms with Crippen molar-refractivity contribution in [1.82, 2.24) is 0 Å². The number of hydrogen-bond acceptors (Lipinski definition) is 0. The quantitative estimate of drug-likeness (QED) is 0.313. The van der Waals surface area contributed by atoms with E-state index >= 15 is 0 Å². The van der Waals surface area contributed by atoms with Crippen molar-refractivity contribution in [2.45, 2.75) is 0 Å². The summed E-state index contributed by atoms with van der Waals surface area (Å²) in [4.78, 5) is 0. The topological polar surface area (TPSA) is 3.88 Å². The molecule has 0 aliphatic carbocycles. The zero-order valence-electron chi connectivity index (χ0n) is 6.13. The van der Waals surface area contributed by atoms with Gasteiger partial charge in [-0.05, 0) is 0 Å². The largest absolute Gasteiger partial charge is 1.00 e. The van der Waals surface area contributed by atoms with Gasteiger partial charge in [0.05, 0.1) is 0 Å². The summed E-state index contributed by atoms with van der Waals surface area (Å²) >= 11 is 0. The van der Waals surface area contributed by atoms with Crippen LogP contribution in [0, 0.1) is 0 Å². The van der Waals surface area contributed by atoms with Gasteiger partial charge in [-0.25, -0.2) is 4.57 Å². The molecule has 0 radical (unpaired) electrons. The van der Waals surface area contributed by atoms with E-state index in [0.717, 1.165) is 0 Å². The van der Waals surface area contributed by atoms with E-state index in [1.807, 2.05) is 42.2 Å². The zero-order chi connectivity index (χ0) is 7.11. The lowest BCUT2D eigenvalue weighted by atomic mass is 10.5. The first kappa shape index (κ1) is 11.9. The first-order valence-corrected chi connectivity index (χ1v) is 2.80. The van der Waals surface area contributed by atoms with Gasteiger partial charge in [-0.3, -0.25) is 0 Å². The third-order valence-corrected chi connectivity index (χ3v) is 0.865. The fourth-order valence-electron chi connectivity index (χ4n) is 0.485. The lowest BCUT2D eigenvalue weighted by Crippen LogP contribution is -3.00. The molecule has 0 saturated heterocycles. The molecule has 0 atom stereocenters. The van der Waals surface area contributed by atoms with Crippen molar-refractivity contribution >= 4 is 0 Å². The molecule has 1 heterocycles. The van der Waals surface area contributed by atoms with Crippen molar-refractivity contribution < 1.29 is 17.0 Å². The molecule has 0 N–H and O–H groups in total. The third kappa shape index (κ3) is 5.32. The highest BCUT2D eigenvalue weighted by Gasteiger charge is 1.78. The van der Waals surface area contributed by atoms with Crippen LogP contribution in [0.5, 0.6) is 0 Å². The Hall–Kier alpha value is -0.820. The van der Waals surface area contributed by atoms with Gasteiger partial charge in [0.15, 0.2) is 12.4 Å². The SMILES string of the molecule is C=C.C[n+]1ccccc1.[Cl-]. The number of hydrogen-bond donors (Lipinski definition) is 0. The molecule has 0 unspecified atom stereocenters. The zero-order valence-corrected chi connectivity index (χ0v) is 6.88. The van der Waals surface area contributed by atoms with E-state index in [0.29, 0.717) is 0 Å². The smallest absolute Gasteiger partial charge is 0.168 e. The Balaban J connectivity index is 0. The Kier molecular flexibility index (Phi) is 9.75. The fraction of sp³-hybridized carbons (Fsp3) is 0.125. The average molecular weight is 158 g/mol. The Bertz CT molecular complexity index is 151. The predicted molar refractivity (Wildman–Crippen MR) is 38.9 cm³/mol. The maximum Gasteiger partial charge on any atom is 0.168 e. The van der Waals surface area contributed by atoms with Crippen LogP contribution in [0.3, 0.4) is 0 Å². The first-order valence-electron chi connectivity index (χ1n) is 2.80. The highest BCUT2D eigenvalue weighted by molar-refractivity contribution is 4.83.